The Bertz CT molecular complexity index is 1770. The number of H-pyrrole nitrogens is 1. The van der Waals surface area contributed by atoms with Crippen molar-refractivity contribution in [3.8, 4) is 29.3 Å². The van der Waals surface area contributed by atoms with Gasteiger partial charge in [0.2, 0.25) is 0 Å². The van der Waals surface area contributed by atoms with Gasteiger partial charge in [0.25, 0.3) is 0 Å². The van der Waals surface area contributed by atoms with E-state index in [0.29, 0.717) is 58.9 Å². The van der Waals surface area contributed by atoms with Gasteiger partial charge in [0, 0.05) is 21.9 Å². The van der Waals surface area contributed by atoms with Gasteiger partial charge in [-0.1, -0.05) is 19.9 Å². The van der Waals surface area contributed by atoms with Crippen molar-refractivity contribution in [2.45, 2.75) is 45.1 Å². The number of hydrogen-bond acceptors (Lipinski definition) is 6. The molecule has 1 fully saturated rings. The second kappa shape index (κ2) is 9.13. The Labute approximate surface area is 220 Å². The monoisotopic (exact) mass is 501 g/mol. The normalized spacial score (nSPS) is 13.6. The number of benzene rings is 3. The van der Waals surface area contributed by atoms with E-state index in [1.165, 1.54) is 12.8 Å². The molecular weight excluding hydrogens is 474 g/mol. The lowest BCUT2D eigenvalue weighted by molar-refractivity contribution is 0.0243. The molecule has 38 heavy (non-hydrogen) atoms. The number of nitrogens with zero attached hydrogens (tertiary/aromatic N) is 4. The summed E-state index contributed by atoms with van der Waals surface area (Å²) in [6.45, 7) is 4.65. The fraction of sp³-hybridized carbons (Fsp3) is 0.290. The lowest BCUT2D eigenvalue weighted by atomic mass is 9.92. The fourth-order valence-corrected chi connectivity index (χ4v) is 5.14. The Balaban J connectivity index is 1.66. The third kappa shape index (κ3) is 3.84. The second-order valence-electron chi connectivity index (χ2n) is 10.1. The van der Waals surface area contributed by atoms with Crippen LogP contribution in [0, 0.1) is 28.6 Å². The van der Waals surface area contributed by atoms with Crippen molar-refractivity contribution in [1.29, 1.82) is 10.5 Å². The predicted molar refractivity (Wildman–Crippen MR) is 146 cm³/mol. The molecule has 6 rings (SSSR count). The number of fused-ring (bicyclic) bond motifs is 6. The molecule has 1 aliphatic carbocycles. The molecule has 0 bridgehead atoms. The zero-order valence-electron chi connectivity index (χ0n) is 21.4. The minimum absolute atomic E-state index is 0.347. The summed E-state index contributed by atoms with van der Waals surface area (Å²) < 4.78 is 6.10. The number of rotatable bonds is 7. The van der Waals surface area contributed by atoms with E-state index in [0.717, 1.165) is 33.1 Å². The van der Waals surface area contributed by atoms with E-state index in [1.54, 1.807) is 18.2 Å². The predicted octanol–water partition coefficient (Wildman–Crippen LogP) is 6.47. The third-order valence-corrected chi connectivity index (χ3v) is 7.76. The van der Waals surface area contributed by atoms with Crippen LogP contribution in [-0.2, 0) is 5.60 Å². The molecule has 0 spiro atoms. The van der Waals surface area contributed by atoms with Crippen LogP contribution in [0.3, 0.4) is 0 Å². The van der Waals surface area contributed by atoms with Crippen LogP contribution in [-0.4, -0.2) is 26.7 Å². The number of nitriles is 2. The summed E-state index contributed by atoms with van der Waals surface area (Å²) in [4.78, 5) is 13.3. The number of pyridine rings is 1. The molecule has 1 saturated carbocycles. The fourth-order valence-electron chi connectivity index (χ4n) is 5.14. The first-order valence-corrected chi connectivity index (χ1v) is 13.0. The molecule has 0 unspecified atom stereocenters. The summed E-state index contributed by atoms with van der Waals surface area (Å²) in [7, 11) is 0. The van der Waals surface area contributed by atoms with Gasteiger partial charge in [0.05, 0.1) is 46.5 Å². The van der Waals surface area contributed by atoms with Gasteiger partial charge >= 0.3 is 0 Å². The molecule has 0 aliphatic heterocycles. The molecule has 2 N–H and O–H groups in total. The van der Waals surface area contributed by atoms with Gasteiger partial charge in [-0.3, -0.25) is 0 Å². The molecule has 5 aromatic rings. The SMILES string of the molecule is CCC(O)(CC)c1ccc2c3nc(-c4c(C#N)cccc4C#N)nc3c3ccc(OCC4CC4)cc3c2[nH]1. The van der Waals surface area contributed by atoms with Crippen molar-refractivity contribution in [2.24, 2.45) is 5.92 Å². The number of aromatic nitrogens is 3. The first-order chi connectivity index (χ1) is 18.5. The summed E-state index contributed by atoms with van der Waals surface area (Å²) in [5, 5.41) is 33.4. The average molecular weight is 502 g/mol. The zero-order chi connectivity index (χ0) is 26.4. The highest BCUT2D eigenvalue weighted by Gasteiger charge is 2.27. The maximum absolute atomic E-state index is 11.3. The Hall–Kier alpha value is -4.46. The highest BCUT2D eigenvalue weighted by molar-refractivity contribution is 6.22. The smallest absolute Gasteiger partial charge is 0.163 e. The van der Waals surface area contributed by atoms with Gasteiger partial charge in [-0.05, 0) is 74.1 Å². The van der Waals surface area contributed by atoms with Crippen molar-refractivity contribution < 1.29 is 9.84 Å². The number of imidazole rings is 1. The van der Waals surface area contributed by atoms with Gasteiger partial charge in [0.1, 0.15) is 16.9 Å². The molecule has 0 saturated heterocycles. The number of hydrogen-bond donors (Lipinski definition) is 2. The molecule has 0 atom stereocenters. The number of aliphatic hydroxyl groups is 1. The van der Waals surface area contributed by atoms with E-state index >= 15 is 0 Å². The molecule has 0 amide bonds. The number of nitrogens with one attached hydrogen (secondary N) is 1. The van der Waals surface area contributed by atoms with Crippen LogP contribution >= 0.6 is 0 Å². The molecule has 3 aromatic carbocycles. The van der Waals surface area contributed by atoms with Crippen LogP contribution in [0.2, 0.25) is 0 Å². The number of aromatic amines is 1. The van der Waals surface area contributed by atoms with E-state index in [2.05, 4.69) is 17.1 Å². The summed E-state index contributed by atoms with van der Waals surface area (Å²) in [6.07, 6.45) is 3.57. The summed E-state index contributed by atoms with van der Waals surface area (Å²) in [5.74, 6) is 1.76. The van der Waals surface area contributed by atoms with Gasteiger partial charge < -0.3 is 14.8 Å². The standard InChI is InChI=1S/C31H27N5O2/c1-3-31(37,4-2)25-13-12-23-27(34-25)24-14-21(38-17-18-8-9-18)10-11-22(24)28-29(23)36-30(35-28)26-19(15-32)6-5-7-20(26)16-33/h5-7,10-14,18,34,37H,3-4,8-9,17H2,1-2H3. The summed E-state index contributed by atoms with van der Waals surface area (Å²) in [6, 6.07) is 19.2. The van der Waals surface area contributed by atoms with Crippen LogP contribution < -0.4 is 4.74 Å². The molecule has 1 aliphatic rings. The van der Waals surface area contributed by atoms with E-state index in [4.69, 9.17) is 14.7 Å². The van der Waals surface area contributed by atoms with Crippen LogP contribution in [0.5, 0.6) is 5.75 Å². The summed E-state index contributed by atoms with van der Waals surface area (Å²) >= 11 is 0. The maximum atomic E-state index is 11.3. The summed E-state index contributed by atoms with van der Waals surface area (Å²) in [5.41, 5.74) is 3.10. The Morgan fingerprint density at radius 2 is 1.61 bits per heavy atom. The Morgan fingerprint density at radius 3 is 2.24 bits per heavy atom. The van der Waals surface area contributed by atoms with Gasteiger partial charge in [-0.25, -0.2) is 9.97 Å². The van der Waals surface area contributed by atoms with E-state index in [9.17, 15) is 15.6 Å². The minimum Gasteiger partial charge on any atom is -0.493 e. The van der Waals surface area contributed by atoms with Crippen molar-refractivity contribution >= 4 is 32.7 Å². The Kier molecular flexibility index (Phi) is 5.75. The highest BCUT2D eigenvalue weighted by atomic mass is 16.5. The zero-order valence-corrected chi connectivity index (χ0v) is 21.4. The van der Waals surface area contributed by atoms with Gasteiger partial charge in [-0.2, -0.15) is 10.5 Å². The molecule has 7 nitrogen and oxygen atoms in total. The van der Waals surface area contributed by atoms with Crippen molar-refractivity contribution in [1.82, 2.24) is 15.0 Å². The van der Waals surface area contributed by atoms with E-state index < -0.39 is 5.60 Å². The van der Waals surface area contributed by atoms with E-state index in [1.807, 2.05) is 44.2 Å². The first kappa shape index (κ1) is 23.9. The topological polar surface area (TPSA) is 119 Å². The molecular formula is C31H27N5O2. The number of ether oxygens (including phenoxy) is 1. The lowest BCUT2D eigenvalue weighted by Crippen LogP contribution is -2.24. The van der Waals surface area contributed by atoms with Crippen molar-refractivity contribution in [3.05, 3.63) is 65.4 Å². The minimum atomic E-state index is -0.980. The lowest BCUT2D eigenvalue weighted by Gasteiger charge is -2.26. The van der Waals surface area contributed by atoms with Crippen LogP contribution in [0.15, 0.2) is 48.5 Å². The third-order valence-electron chi connectivity index (χ3n) is 7.76. The average Bonchev–Trinajstić information content (AvgIpc) is 3.70. The van der Waals surface area contributed by atoms with Crippen LogP contribution in [0.4, 0.5) is 0 Å². The maximum Gasteiger partial charge on any atom is 0.163 e. The molecule has 0 radical (unpaired) electrons. The largest absolute Gasteiger partial charge is 0.493 e. The van der Waals surface area contributed by atoms with E-state index in [-0.39, 0.29) is 0 Å². The first-order valence-electron chi connectivity index (χ1n) is 13.0. The van der Waals surface area contributed by atoms with Gasteiger partial charge in [-0.15, -0.1) is 0 Å². The van der Waals surface area contributed by atoms with Crippen LogP contribution in [0.1, 0.15) is 56.4 Å². The quantitative estimate of drug-likeness (QED) is 0.247. The molecule has 2 heterocycles. The van der Waals surface area contributed by atoms with Crippen LogP contribution in [0.25, 0.3) is 44.1 Å². The van der Waals surface area contributed by atoms with Crippen molar-refractivity contribution in [3.63, 3.8) is 0 Å². The Morgan fingerprint density at radius 1 is 0.947 bits per heavy atom. The highest BCUT2D eigenvalue weighted by Crippen LogP contribution is 2.39. The molecule has 188 valence electrons. The van der Waals surface area contributed by atoms with Gasteiger partial charge in [0.15, 0.2) is 5.82 Å². The second-order valence-corrected chi connectivity index (χ2v) is 10.1. The van der Waals surface area contributed by atoms with Crippen molar-refractivity contribution in [2.75, 3.05) is 6.61 Å². The molecule has 2 aromatic heterocycles. The molecule has 7 heteroatoms.